The van der Waals surface area contributed by atoms with Crippen molar-refractivity contribution < 1.29 is 4.74 Å². The highest BCUT2D eigenvalue weighted by atomic mass is 79.9. The Hall–Kier alpha value is -3.96. The van der Waals surface area contributed by atoms with E-state index in [1.54, 1.807) is 31.3 Å². The molecule has 0 aliphatic heterocycles. The molecule has 8 heteroatoms. The van der Waals surface area contributed by atoms with Crippen molar-refractivity contribution in [2.24, 2.45) is 5.10 Å². The van der Waals surface area contributed by atoms with Crippen molar-refractivity contribution in [2.75, 3.05) is 19.0 Å². The summed E-state index contributed by atoms with van der Waals surface area (Å²) in [5, 5.41) is 14.3. The topological polar surface area (TPSA) is 83.5 Å². The lowest BCUT2D eigenvalue weighted by Crippen LogP contribution is -2.20. The molecular formula is C26H22BrN5O2. The van der Waals surface area contributed by atoms with Crippen molar-refractivity contribution in [1.29, 1.82) is 5.26 Å². The van der Waals surface area contributed by atoms with Crippen LogP contribution in [0.25, 0.3) is 10.9 Å². The van der Waals surface area contributed by atoms with Crippen LogP contribution in [0, 0.1) is 18.3 Å². The number of anilines is 1. The number of halogens is 1. The average Bonchev–Trinajstić information content (AvgIpc) is 2.83. The van der Waals surface area contributed by atoms with Gasteiger partial charge in [0.1, 0.15) is 18.2 Å². The summed E-state index contributed by atoms with van der Waals surface area (Å²) >= 11 is 3.41. The first-order valence-corrected chi connectivity index (χ1v) is 11.3. The number of ether oxygens (including phenoxy) is 1. The third kappa shape index (κ3) is 4.85. The van der Waals surface area contributed by atoms with Gasteiger partial charge in [-0.3, -0.25) is 4.79 Å². The summed E-state index contributed by atoms with van der Waals surface area (Å²) < 4.78 is 8.19. The molecule has 170 valence electrons. The Morgan fingerprint density at radius 3 is 2.74 bits per heavy atom. The molecule has 0 atom stereocenters. The molecule has 1 heterocycles. The highest BCUT2D eigenvalue weighted by Crippen LogP contribution is 2.25. The predicted octanol–water partition coefficient (Wildman–Crippen LogP) is 4.87. The summed E-state index contributed by atoms with van der Waals surface area (Å²) in [6.45, 7) is 1.97. The number of hydrogen-bond donors (Lipinski definition) is 0. The van der Waals surface area contributed by atoms with Crippen LogP contribution in [-0.2, 0) is 6.61 Å². The van der Waals surface area contributed by atoms with E-state index in [1.807, 2.05) is 61.5 Å². The molecule has 34 heavy (non-hydrogen) atoms. The number of aryl methyl sites for hydroxylation is 1. The number of benzene rings is 3. The van der Waals surface area contributed by atoms with E-state index in [-0.39, 0.29) is 12.2 Å². The monoisotopic (exact) mass is 515 g/mol. The summed E-state index contributed by atoms with van der Waals surface area (Å²) in [5.74, 6) is 1.07. The molecule has 7 nitrogen and oxygen atoms in total. The van der Waals surface area contributed by atoms with Crippen molar-refractivity contribution in [2.45, 2.75) is 13.5 Å². The minimum absolute atomic E-state index is 0.228. The maximum atomic E-state index is 13.1. The van der Waals surface area contributed by atoms with Crippen molar-refractivity contribution in [3.05, 3.63) is 98.0 Å². The minimum Gasteiger partial charge on any atom is -0.488 e. The average molecular weight is 516 g/mol. The van der Waals surface area contributed by atoms with Crippen LogP contribution < -0.4 is 15.2 Å². The molecule has 0 amide bonds. The standard InChI is InChI=1S/C26H22BrN5O2/c1-17-30-24-11-9-21(27)12-23(24)26(33)32(17)29-15-19-8-10-22(31(2)3)13-25(19)34-16-20-7-5-4-6-18(20)14-28/h4-13,15H,16H2,1-3H3. The lowest BCUT2D eigenvalue weighted by atomic mass is 10.1. The zero-order valence-electron chi connectivity index (χ0n) is 19.0. The molecule has 0 spiro atoms. The third-order valence-electron chi connectivity index (χ3n) is 5.32. The Morgan fingerprint density at radius 2 is 1.97 bits per heavy atom. The van der Waals surface area contributed by atoms with Gasteiger partial charge < -0.3 is 9.64 Å². The first-order valence-electron chi connectivity index (χ1n) is 10.5. The first-order chi connectivity index (χ1) is 16.4. The van der Waals surface area contributed by atoms with Crippen LogP contribution in [0.2, 0.25) is 0 Å². The van der Waals surface area contributed by atoms with Crippen LogP contribution in [0.5, 0.6) is 5.75 Å². The van der Waals surface area contributed by atoms with Crippen LogP contribution in [-0.4, -0.2) is 30.0 Å². The van der Waals surface area contributed by atoms with Gasteiger partial charge in [-0.25, -0.2) is 4.98 Å². The molecule has 0 N–H and O–H groups in total. The fraction of sp³-hybridized carbons (Fsp3) is 0.154. The second-order valence-corrected chi connectivity index (χ2v) is 8.77. The molecular weight excluding hydrogens is 494 g/mol. The summed E-state index contributed by atoms with van der Waals surface area (Å²) in [4.78, 5) is 19.5. The maximum Gasteiger partial charge on any atom is 0.282 e. The number of fused-ring (bicyclic) bond motifs is 1. The normalized spacial score (nSPS) is 11.0. The summed E-state index contributed by atoms with van der Waals surface area (Å²) in [6, 6.07) is 20.6. The molecule has 0 unspecified atom stereocenters. The molecule has 0 radical (unpaired) electrons. The van der Waals surface area contributed by atoms with Gasteiger partial charge in [0, 0.05) is 41.4 Å². The van der Waals surface area contributed by atoms with Crippen LogP contribution in [0.4, 0.5) is 5.69 Å². The SMILES string of the molecule is Cc1nc2ccc(Br)cc2c(=O)n1N=Cc1ccc(N(C)C)cc1OCc1ccccc1C#N. The third-order valence-corrected chi connectivity index (χ3v) is 5.81. The number of hydrogen-bond acceptors (Lipinski definition) is 6. The van der Waals surface area contributed by atoms with Gasteiger partial charge in [0.05, 0.1) is 28.8 Å². The molecule has 3 aromatic carbocycles. The quantitative estimate of drug-likeness (QED) is 0.342. The number of rotatable bonds is 6. The zero-order valence-corrected chi connectivity index (χ0v) is 20.6. The highest BCUT2D eigenvalue weighted by molar-refractivity contribution is 9.10. The lowest BCUT2D eigenvalue weighted by Gasteiger charge is -2.16. The Bertz CT molecular complexity index is 1500. The van der Waals surface area contributed by atoms with Crippen molar-refractivity contribution in [1.82, 2.24) is 9.66 Å². The molecule has 0 fully saturated rings. The van der Waals surface area contributed by atoms with Gasteiger partial charge in [-0.1, -0.05) is 34.1 Å². The molecule has 0 aliphatic rings. The first kappa shape index (κ1) is 23.2. The van der Waals surface area contributed by atoms with Gasteiger partial charge in [-0.15, -0.1) is 0 Å². The number of aromatic nitrogens is 2. The fourth-order valence-electron chi connectivity index (χ4n) is 3.46. The summed E-state index contributed by atoms with van der Waals surface area (Å²) in [5.41, 5.74) is 3.37. The van der Waals surface area contributed by atoms with Gasteiger partial charge in [0.15, 0.2) is 0 Å². The van der Waals surface area contributed by atoms with Gasteiger partial charge in [0.25, 0.3) is 5.56 Å². The Kier molecular flexibility index (Phi) is 6.75. The summed E-state index contributed by atoms with van der Waals surface area (Å²) in [6.07, 6.45) is 1.59. The smallest absolute Gasteiger partial charge is 0.282 e. The second kappa shape index (κ2) is 9.89. The minimum atomic E-state index is -0.254. The predicted molar refractivity (Wildman–Crippen MR) is 138 cm³/mol. The molecule has 0 aliphatic carbocycles. The van der Waals surface area contributed by atoms with Gasteiger partial charge in [-0.05, 0) is 43.3 Å². The van der Waals surface area contributed by atoms with E-state index in [0.29, 0.717) is 33.6 Å². The Balaban J connectivity index is 1.72. The molecule has 0 saturated carbocycles. The van der Waals surface area contributed by atoms with E-state index in [0.717, 1.165) is 15.7 Å². The van der Waals surface area contributed by atoms with Crippen molar-refractivity contribution >= 4 is 38.7 Å². The Labute approximate surface area is 205 Å². The number of nitrogens with zero attached hydrogens (tertiary/aromatic N) is 5. The molecule has 1 aromatic heterocycles. The number of nitriles is 1. The van der Waals surface area contributed by atoms with Gasteiger partial charge in [0.2, 0.25) is 0 Å². The Morgan fingerprint density at radius 1 is 1.18 bits per heavy atom. The highest BCUT2D eigenvalue weighted by Gasteiger charge is 2.10. The van der Waals surface area contributed by atoms with Crippen molar-refractivity contribution in [3.63, 3.8) is 0 Å². The zero-order chi connectivity index (χ0) is 24.2. The van der Waals surface area contributed by atoms with Crippen LogP contribution in [0.15, 0.2) is 75.0 Å². The van der Waals surface area contributed by atoms with E-state index in [2.05, 4.69) is 32.1 Å². The molecule has 0 saturated heterocycles. The maximum absolute atomic E-state index is 13.1. The van der Waals surface area contributed by atoms with E-state index in [9.17, 15) is 10.1 Å². The van der Waals surface area contributed by atoms with E-state index in [1.165, 1.54) is 4.68 Å². The lowest BCUT2D eigenvalue weighted by molar-refractivity contribution is 0.305. The molecule has 0 bridgehead atoms. The van der Waals surface area contributed by atoms with Crippen LogP contribution in [0.3, 0.4) is 0 Å². The van der Waals surface area contributed by atoms with Crippen LogP contribution in [0.1, 0.15) is 22.5 Å². The van der Waals surface area contributed by atoms with Gasteiger partial charge in [-0.2, -0.15) is 15.0 Å². The summed E-state index contributed by atoms with van der Waals surface area (Å²) in [7, 11) is 3.89. The largest absolute Gasteiger partial charge is 0.488 e. The fourth-order valence-corrected chi connectivity index (χ4v) is 3.82. The van der Waals surface area contributed by atoms with Gasteiger partial charge >= 0.3 is 0 Å². The van der Waals surface area contributed by atoms with Crippen molar-refractivity contribution in [3.8, 4) is 11.8 Å². The van der Waals surface area contributed by atoms with E-state index < -0.39 is 0 Å². The molecule has 4 rings (SSSR count). The second-order valence-electron chi connectivity index (χ2n) is 7.86. The van der Waals surface area contributed by atoms with E-state index >= 15 is 0 Å². The molecule has 4 aromatic rings. The van der Waals surface area contributed by atoms with E-state index in [4.69, 9.17) is 4.74 Å². The van der Waals surface area contributed by atoms with Crippen LogP contribution >= 0.6 is 15.9 Å².